The van der Waals surface area contributed by atoms with Gasteiger partial charge in [-0.25, -0.2) is 9.67 Å². The quantitative estimate of drug-likeness (QED) is 0.819. The first kappa shape index (κ1) is 12.6. The smallest absolute Gasteiger partial charge is 0.251 e. The van der Waals surface area contributed by atoms with Crippen LogP contribution >= 0.6 is 0 Å². The van der Waals surface area contributed by atoms with Gasteiger partial charge >= 0.3 is 0 Å². The lowest BCUT2D eigenvalue weighted by atomic mass is 10.0. The minimum Gasteiger partial charge on any atom is -0.322 e. The Bertz CT molecular complexity index is 637. The van der Waals surface area contributed by atoms with Gasteiger partial charge in [-0.05, 0) is 36.8 Å². The lowest BCUT2D eigenvalue weighted by molar-refractivity contribution is -0.112. The zero-order valence-electron chi connectivity index (χ0n) is 11.1. The third-order valence-corrected chi connectivity index (χ3v) is 3.36. The van der Waals surface area contributed by atoms with E-state index in [-0.39, 0.29) is 5.91 Å². The maximum absolute atomic E-state index is 12.0. The van der Waals surface area contributed by atoms with Crippen molar-refractivity contribution in [3.63, 3.8) is 0 Å². The second-order valence-electron chi connectivity index (χ2n) is 4.67. The molecule has 0 saturated carbocycles. The lowest BCUT2D eigenvalue weighted by Gasteiger charge is -2.21. The van der Waals surface area contributed by atoms with Crippen LogP contribution in [0, 0.1) is 0 Å². The first-order chi connectivity index (χ1) is 9.74. The molecule has 1 aliphatic heterocycles. The van der Waals surface area contributed by atoms with Crippen molar-refractivity contribution in [3.8, 4) is 5.69 Å². The largest absolute Gasteiger partial charge is 0.322 e. The summed E-state index contributed by atoms with van der Waals surface area (Å²) in [7, 11) is 0. The number of anilines is 1. The van der Waals surface area contributed by atoms with E-state index >= 15 is 0 Å². The number of carbonyl (C=O) groups excluding carboxylic acids is 1. The fourth-order valence-electron chi connectivity index (χ4n) is 1.94. The van der Waals surface area contributed by atoms with Crippen LogP contribution < -0.4 is 10.6 Å². The molecule has 20 heavy (non-hydrogen) atoms. The van der Waals surface area contributed by atoms with Crippen molar-refractivity contribution < 1.29 is 4.79 Å². The molecule has 0 unspecified atom stereocenters. The fourth-order valence-corrected chi connectivity index (χ4v) is 1.94. The maximum Gasteiger partial charge on any atom is 0.251 e. The molecule has 0 bridgehead atoms. The number of rotatable bonds is 3. The average molecular weight is 269 g/mol. The SMILES string of the molecule is CC(C(=O)Nc1ccc(-n2cncn2)cc1)=C1CNC1. The third kappa shape index (κ3) is 2.46. The number of nitrogens with one attached hydrogen (secondary N) is 2. The summed E-state index contributed by atoms with van der Waals surface area (Å²) in [6.07, 6.45) is 3.11. The van der Waals surface area contributed by atoms with Crippen molar-refractivity contribution in [1.82, 2.24) is 20.1 Å². The summed E-state index contributed by atoms with van der Waals surface area (Å²) < 4.78 is 1.67. The predicted molar refractivity (Wildman–Crippen MR) is 75.6 cm³/mol. The molecule has 2 heterocycles. The highest BCUT2D eigenvalue weighted by Gasteiger charge is 2.15. The molecule has 2 N–H and O–H groups in total. The highest BCUT2D eigenvalue weighted by Crippen LogP contribution is 2.15. The van der Waals surface area contributed by atoms with E-state index in [0.717, 1.165) is 30.0 Å². The third-order valence-electron chi connectivity index (χ3n) is 3.36. The molecule has 0 spiro atoms. The summed E-state index contributed by atoms with van der Waals surface area (Å²) in [6, 6.07) is 7.48. The van der Waals surface area contributed by atoms with Gasteiger partial charge in [-0.2, -0.15) is 5.10 Å². The van der Waals surface area contributed by atoms with Crippen LogP contribution in [-0.2, 0) is 4.79 Å². The molecular formula is C14H15N5O. The predicted octanol–water partition coefficient (Wildman–Crippen LogP) is 1.13. The molecule has 6 heteroatoms. The van der Waals surface area contributed by atoms with Crippen LogP contribution in [0.3, 0.4) is 0 Å². The highest BCUT2D eigenvalue weighted by molar-refractivity contribution is 6.04. The van der Waals surface area contributed by atoms with E-state index in [1.807, 2.05) is 31.2 Å². The number of amides is 1. The molecule has 1 amide bonds. The molecule has 3 rings (SSSR count). The van der Waals surface area contributed by atoms with E-state index in [9.17, 15) is 4.79 Å². The van der Waals surface area contributed by atoms with Crippen LogP contribution in [0.5, 0.6) is 0 Å². The molecular weight excluding hydrogens is 254 g/mol. The first-order valence-electron chi connectivity index (χ1n) is 6.40. The standard InChI is InChI=1S/C14H15N5O/c1-10(11-6-15-7-11)14(20)18-12-2-4-13(5-3-12)19-9-16-8-17-19/h2-5,8-9,15H,6-7H2,1H3,(H,18,20). The van der Waals surface area contributed by atoms with Crippen LogP contribution in [0.4, 0.5) is 5.69 Å². The minimum atomic E-state index is -0.0463. The Hall–Kier alpha value is -2.47. The second kappa shape index (κ2) is 5.26. The van der Waals surface area contributed by atoms with Crippen LogP contribution in [0.15, 0.2) is 48.1 Å². The molecule has 1 saturated heterocycles. The maximum atomic E-state index is 12.0. The van der Waals surface area contributed by atoms with E-state index in [1.54, 1.807) is 11.0 Å². The highest BCUT2D eigenvalue weighted by atomic mass is 16.1. The topological polar surface area (TPSA) is 71.8 Å². The number of nitrogens with zero attached hydrogens (tertiary/aromatic N) is 3. The molecule has 0 radical (unpaired) electrons. The molecule has 1 aromatic heterocycles. The minimum absolute atomic E-state index is 0.0463. The van der Waals surface area contributed by atoms with Gasteiger partial charge in [0.1, 0.15) is 12.7 Å². The van der Waals surface area contributed by atoms with Crippen molar-refractivity contribution >= 4 is 11.6 Å². The van der Waals surface area contributed by atoms with Gasteiger partial charge in [-0.1, -0.05) is 0 Å². The van der Waals surface area contributed by atoms with E-state index < -0.39 is 0 Å². The molecule has 1 aliphatic rings. The summed E-state index contributed by atoms with van der Waals surface area (Å²) in [5.74, 6) is -0.0463. The van der Waals surface area contributed by atoms with Crippen molar-refractivity contribution in [2.45, 2.75) is 6.92 Å². The number of benzene rings is 1. The Balaban J connectivity index is 1.71. The van der Waals surface area contributed by atoms with Crippen molar-refractivity contribution in [3.05, 3.63) is 48.1 Å². The number of hydrogen-bond acceptors (Lipinski definition) is 4. The van der Waals surface area contributed by atoms with Gasteiger partial charge in [-0.15, -0.1) is 0 Å². The summed E-state index contributed by atoms with van der Waals surface area (Å²) in [5.41, 5.74) is 3.63. The molecule has 1 aromatic carbocycles. The van der Waals surface area contributed by atoms with Crippen molar-refractivity contribution in [2.24, 2.45) is 0 Å². The lowest BCUT2D eigenvalue weighted by Crippen LogP contribution is -2.36. The van der Waals surface area contributed by atoms with Gasteiger partial charge < -0.3 is 10.6 Å². The van der Waals surface area contributed by atoms with Gasteiger partial charge in [0, 0.05) is 24.4 Å². The normalized spacial score (nSPS) is 13.8. The zero-order chi connectivity index (χ0) is 13.9. The molecule has 6 nitrogen and oxygen atoms in total. The second-order valence-corrected chi connectivity index (χ2v) is 4.67. The number of aromatic nitrogens is 3. The number of hydrogen-bond donors (Lipinski definition) is 2. The molecule has 0 aliphatic carbocycles. The van der Waals surface area contributed by atoms with E-state index in [0.29, 0.717) is 0 Å². The first-order valence-corrected chi connectivity index (χ1v) is 6.40. The van der Waals surface area contributed by atoms with Crippen LogP contribution in [-0.4, -0.2) is 33.8 Å². The van der Waals surface area contributed by atoms with Crippen LogP contribution in [0.1, 0.15) is 6.92 Å². The monoisotopic (exact) mass is 269 g/mol. The summed E-state index contributed by atoms with van der Waals surface area (Å²) >= 11 is 0. The number of carbonyl (C=O) groups is 1. The van der Waals surface area contributed by atoms with Crippen LogP contribution in [0.2, 0.25) is 0 Å². The Morgan fingerprint density at radius 1 is 1.30 bits per heavy atom. The van der Waals surface area contributed by atoms with Gasteiger partial charge in [0.15, 0.2) is 0 Å². The molecule has 2 aromatic rings. The van der Waals surface area contributed by atoms with Gasteiger partial charge in [0.05, 0.1) is 5.69 Å². The molecule has 0 atom stereocenters. The van der Waals surface area contributed by atoms with E-state index in [4.69, 9.17) is 0 Å². The fraction of sp³-hybridized carbons (Fsp3) is 0.214. The molecule has 1 fully saturated rings. The van der Waals surface area contributed by atoms with Crippen LogP contribution in [0.25, 0.3) is 5.69 Å². The van der Waals surface area contributed by atoms with Gasteiger partial charge in [-0.3, -0.25) is 4.79 Å². The van der Waals surface area contributed by atoms with E-state index in [1.165, 1.54) is 11.9 Å². The Morgan fingerprint density at radius 3 is 2.60 bits per heavy atom. The Morgan fingerprint density at radius 2 is 2.05 bits per heavy atom. The zero-order valence-corrected chi connectivity index (χ0v) is 11.1. The molecule has 102 valence electrons. The Kier molecular flexibility index (Phi) is 3.30. The van der Waals surface area contributed by atoms with E-state index in [2.05, 4.69) is 20.7 Å². The summed E-state index contributed by atoms with van der Waals surface area (Å²) in [5, 5.41) is 10.1. The van der Waals surface area contributed by atoms with Gasteiger partial charge in [0.25, 0.3) is 5.91 Å². The van der Waals surface area contributed by atoms with Crippen molar-refractivity contribution in [2.75, 3.05) is 18.4 Å². The Labute approximate surface area is 116 Å². The van der Waals surface area contributed by atoms with Crippen molar-refractivity contribution in [1.29, 1.82) is 0 Å². The summed E-state index contributed by atoms with van der Waals surface area (Å²) in [4.78, 5) is 15.9. The average Bonchev–Trinajstić information content (AvgIpc) is 2.91. The summed E-state index contributed by atoms with van der Waals surface area (Å²) in [6.45, 7) is 3.48. The van der Waals surface area contributed by atoms with Gasteiger partial charge in [0.2, 0.25) is 0 Å².